The minimum atomic E-state index is -3.28. The normalized spacial score (nSPS) is 13.0. The monoisotopic (exact) mass is 226 g/mol. The summed E-state index contributed by atoms with van der Waals surface area (Å²) in [6.45, 7) is 3.69. The average molecular weight is 226 g/mol. The summed E-state index contributed by atoms with van der Waals surface area (Å²) in [5.41, 5.74) is 1.24. The fourth-order valence-corrected chi connectivity index (χ4v) is 1.95. The SMILES string of the molecule is C/C=C\c1ncn(S(C)(=O)=O)c1/C=C\C. The number of allylic oxidation sites excluding steroid dienone is 2. The van der Waals surface area contributed by atoms with E-state index in [1.807, 2.05) is 19.9 Å². The summed E-state index contributed by atoms with van der Waals surface area (Å²) in [6.07, 6.45) is 9.58. The molecule has 1 heterocycles. The lowest BCUT2D eigenvalue weighted by atomic mass is 10.3. The Morgan fingerprint density at radius 2 is 1.87 bits per heavy atom. The molecule has 0 amide bonds. The van der Waals surface area contributed by atoms with Crippen molar-refractivity contribution < 1.29 is 8.42 Å². The van der Waals surface area contributed by atoms with E-state index < -0.39 is 10.0 Å². The van der Waals surface area contributed by atoms with Crippen molar-refractivity contribution >= 4 is 22.2 Å². The smallest absolute Gasteiger partial charge is 0.236 e. The summed E-state index contributed by atoms with van der Waals surface area (Å²) in [5.74, 6) is 0. The van der Waals surface area contributed by atoms with Gasteiger partial charge in [-0.1, -0.05) is 12.2 Å². The van der Waals surface area contributed by atoms with Crippen molar-refractivity contribution in [2.75, 3.05) is 6.26 Å². The van der Waals surface area contributed by atoms with Crippen molar-refractivity contribution in [2.24, 2.45) is 0 Å². The molecular formula is C10H14N2O2S. The minimum Gasteiger partial charge on any atom is -0.236 e. The van der Waals surface area contributed by atoms with Gasteiger partial charge in [0, 0.05) is 0 Å². The lowest BCUT2D eigenvalue weighted by molar-refractivity contribution is 0.593. The second kappa shape index (κ2) is 4.44. The van der Waals surface area contributed by atoms with E-state index in [0.29, 0.717) is 11.4 Å². The van der Waals surface area contributed by atoms with Crippen LogP contribution < -0.4 is 0 Å². The quantitative estimate of drug-likeness (QED) is 0.789. The molecule has 0 aliphatic rings. The molecule has 0 spiro atoms. The highest BCUT2D eigenvalue weighted by Crippen LogP contribution is 2.13. The number of rotatable bonds is 3. The van der Waals surface area contributed by atoms with E-state index in [2.05, 4.69) is 4.98 Å². The maximum Gasteiger partial charge on any atom is 0.237 e. The lowest BCUT2D eigenvalue weighted by Crippen LogP contribution is -2.10. The Morgan fingerprint density at radius 3 is 2.33 bits per heavy atom. The van der Waals surface area contributed by atoms with Crippen LogP contribution in [0.5, 0.6) is 0 Å². The van der Waals surface area contributed by atoms with Gasteiger partial charge in [-0.05, 0) is 26.0 Å². The number of imidazole rings is 1. The van der Waals surface area contributed by atoms with Crippen molar-refractivity contribution in [3.05, 3.63) is 29.9 Å². The molecule has 82 valence electrons. The standard InChI is InChI=1S/C10H14N2O2S/c1-4-6-9-10(7-5-2)12(8-11-9)15(3,13)14/h4-8H,1-3H3/b6-4-,7-5-. The highest BCUT2D eigenvalue weighted by atomic mass is 32.2. The first-order valence-electron chi connectivity index (χ1n) is 4.54. The van der Waals surface area contributed by atoms with Crippen LogP contribution in [0.15, 0.2) is 18.5 Å². The van der Waals surface area contributed by atoms with Crippen molar-refractivity contribution in [2.45, 2.75) is 13.8 Å². The first-order chi connectivity index (χ1) is 7.00. The van der Waals surface area contributed by atoms with Gasteiger partial charge in [0.05, 0.1) is 17.6 Å². The van der Waals surface area contributed by atoms with Gasteiger partial charge in [-0.2, -0.15) is 0 Å². The van der Waals surface area contributed by atoms with Gasteiger partial charge in [-0.15, -0.1) is 0 Å². The predicted octanol–water partition coefficient (Wildman–Crippen LogP) is 1.76. The zero-order valence-corrected chi connectivity index (χ0v) is 9.82. The summed E-state index contributed by atoms with van der Waals surface area (Å²) in [5, 5.41) is 0. The van der Waals surface area contributed by atoms with Gasteiger partial charge in [0.15, 0.2) is 0 Å². The highest BCUT2D eigenvalue weighted by molar-refractivity contribution is 7.89. The maximum atomic E-state index is 11.4. The molecule has 0 fully saturated rings. The van der Waals surface area contributed by atoms with Crippen LogP contribution in [0.25, 0.3) is 12.2 Å². The molecule has 4 nitrogen and oxygen atoms in total. The first kappa shape index (κ1) is 11.7. The van der Waals surface area contributed by atoms with Gasteiger partial charge >= 0.3 is 0 Å². The predicted molar refractivity (Wildman–Crippen MR) is 61.9 cm³/mol. The number of aromatic nitrogens is 2. The summed E-state index contributed by atoms with van der Waals surface area (Å²) in [4.78, 5) is 4.04. The molecule has 0 saturated carbocycles. The molecule has 15 heavy (non-hydrogen) atoms. The van der Waals surface area contributed by atoms with Crippen LogP contribution in [-0.4, -0.2) is 23.6 Å². The Bertz CT molecular complexity index is 495. The summed E-state index contributed by atoms with van der Waals surface area (Å²) >= 11 is 0. The third kappa shape index (κ3) is 2.56. The second-order valence-electron chi connectivity index (χ2n) is 3.07. The Balaban J connectivity index is 3.43. The van der Waals surface area contributed by atoms with E-state index in [0.717, 1.165) is 6.26 Å². The van der Waals surface area contributed by atoms with E-state index in [1.54, 1.807) is 18.2 Å². The summed E-state index contributed by atoms with van der Waals surface area (Å²) in [6, 6.07) is 0. The summed E-state index contributed by atoms with van der Waals surface area (Å²) < 4.78 is 24.0. The maximum absolute atomic E-state index is 11.4. The third-order valence-electron chi connectivity index (χ3n) is 1.81. The number of nitrogens with zero attached hydrogens (tertiary/aromatic N) is 2. The van der Waals surface area contributed by atoms with Crippen LogP contribution in [0.4, 0.5) is 0 Å². The fraction of sp³-hybridized carbons (Fsp3) is 0.300. The number of hydrogen-bond donors (Lipinski definition) is 0. The van der Waals surface area contributed by atoms with Crippen molar-refractivity contribution in [3.63, 3.8) is 0 Å². The van der Waals surface area contributed by atoms with Gasteiger partial charge < -0.3 is 0 Å². The molecule has 5 heteroatoms. The molecule has 0 radical (unpaired) electrons. The molecular weight excluding hydrogens is 212 g/mol. The minimum absolute atomic E-state index is 0.582. The average Bonchev–Trinajstić information content (AvgIpc) is 2.49. The molecule has 0 unspecified atom stereocenters. The largest absolute Gasteiger partial charge is 0.237 e. The molecule has 0 saturated heterocycles. The van der Waals surface area contributed by atoms with Crippen LogP contribution in [0.1, 0.15) is 25.2 Å². The van der Waals surface area contributed by atoms with E-state index >= 15 is 0 Å². The number of hydrogen-bond acceptors (Lipinski definition) is 3. The van der Waals surface area contributed by atoms with Crippen LogP contribution in [0.2, 0.25) is 0 Å². The van der Waals surface area contributed by atoms with Crippen LogP contribution in [0.3, 0.4) is 0 Å². The van der Waals surface area contributed by atoms with Gasteiger partial charge in [-0.3, -0.25) is 0 Å². The Morgan fingerprint density at radius 1 is 1.27 bits per heavy atom. The molecule has 1 aromatic heterocycles. The summed E-state index contributed by atoms with van der Waals surface area (Å²) in [7, 11) is -3.28. The van der Waals surface area contributed by atoms with Crippen LogP contribution >= 0.6 is 0 Å². The Kier molecular flexibility index (Phi) is 3.47. The zero-order valence-electron chi connectivity index (χ0n) is 9.01. The van der Waals surface area contributed by atoms with Crippen molar-refractivity contribution in [1.82, 2.24) is 8.96 Å². The topological polar surface area (TPSA) is 52.0 Å². The van der Waals surface area contributed by atoms with Crippen LogP contribution in [-0.2, 0) is 10.0 Å². The fourth-order valence-electron chi connectivity index (χ4n) is 1.22. The van der Waals surface area contributed by atoms with Gasteiger partial charge in [0.2, 0.25) is 10.0 Å². The van der Waals surface area contributed by atoms with Gasteiger partial charge in [0.1, 0.15) is 6.33 Å². The molecule has 0 aromatic carbocycles. The molecule has 0 bridgehead atoms. The van der Waals surface area contributed by atoms with E-state index in [-0.39, 0.29) is 0 Å². The lowest BCUT2D eigenvalue weighted by Gasteiger charge is -2.01. The molecule has 0 atom stereocenters. The second-order valence-corrected chi connectivity index (χ2v) is 4.93. The zero-order chi connectivity index (χ0) is 11.5. The molecule has 0 aliphatic heterocycles. The highest BCUT2D eigenvalue weighted by Gasteiger charge is 2.12. The first-order valence-corrected chi connectivity index (χ1v) is 6.38. The van der Waals surface area contributed by atoms with Crippen molar-refractivity contribution in [1.29, 1.82) is 0 Å². The third-order valence-corrected chi connectivity index (χ3v) is 2.81. The Hall–Kier alpha value is -1.36. The molecule has 1 aromatic rings. The molecule has 0 aliphatic carbocycles. The van der Waals surface area contributed by atoms with E-state index in [4.69, 9.17) is 0 Å². The van der Waals surface area contributed by atoms with Gasteiger partial charge in [-0.25, -0.2) is 17.4 Å². The Labute approximate surface area is 90.0 Å². The molecule has 1 rings (SSSR count). The van der Waals surface area contributed by atoms with E-state index in [9.17, 15) is 8.42 Å². The van der Waals surface area contributed by atoms with Crippen LogP contribution in [0, 0.1) is 0 Å². The van der Waals surface area contributed by atoms with Gasteiger partial charge in [0.25, 0.3) is 0 Å². The molecule has 0 N–H and O–H groups in total. The van der Waals surface area contributed by atoms with E-state index in [1.165, 1.54) is 10.3 Å². The van der Waals surface area contributed by atoms with Crippen molar-refractivity contribution in [3.8, 4) is 0 Å².